The van der Waals surface area contributed by atoms with Crippen molar-refractivity contribution in [3.05, 3.63) is 23.7 Å². The van der Waals surface area contributed by atoms with Gasteiger partial charge >= 0.3 is 0 Å². The van der Waals surface area contributed by atoms with Gasteiger partial charge in [0.15, 0.2) is 5.65 Å². The molecule has 1 aliphatic heterocycles. The van der Waals surface area contributed by atoms with Crippen LogP contribution in [0.2, 0.25) is 0 Å². The summed E-state index contributed by atoms with van der Waals surface area (Å²) >= 11 is 0. The number of rotatable bonds is 4. The van der Waals surface area contributed by atoms with Gasteiger partial charge in [-0.1, -0.05) is 0 Å². The predicted octanol–water partition coefficient (Wildman–Crippen LogP) is 3.04. The normalized spacial score (nSPS) is 18.6. The Kier molecular flexibility index (Phi) is 4.52. The van der Waals surface area contributed by atoms with Crippen LogP contribution in [0.3, 0.4) is 0 Å². The van der Waals surface area contributed by atoms with Gasteiger partial charge in [-0.25, -0.2) is 15.0 Å². The summed E-state index contributed by atoms with van der Waals surface area (Å²) in [4.78, 5) is 15.5. The fourth-order valence-electron chi connectivity index (χ4n) is 3.16. The molecule has 1 atom stereocenters. The maximum Gasteiger partial charge on any atom is 0.165 e. The molecule has 1 saturated heterocycles. The van der Waals surface area contributed by atoms with Crippen molar-refractivity contribution < 1.29 is 4.74 Å². The number of nitrogens with zero attached hydrogens (tertiary/aromatic N) is 4. The number of hydrogen-bond acceptors (Lipinski definition) is 5. The second-order valence-electron chi connectivity index (χ2n) is 6.18. The van der Waals surface area contributed by atoms with Gasteiger partial charge in [-0.2, -0.15) is 0 Å². The van der Waals surface area contributed by atoms with Crippen molar-refractivity contribution in [1.82, 2.24) is 15.0 Å². The van der Waals surface area contributed by atoms with E-state index < -0.39 is 0 Å². The molecule has 0 saturated carbocycles. The molecule has 22 heavy (non-hydrogen) atoms. The minimum absolute atomic E-state index is 0.394. The molecule has 0 aliphatic carbocycles. The Morgan fingerprint density at radius 2 is 2.14 bits per heavy atom. The second kappa shape index (κ2) is 6.57. The number of aryl methyl sites for hydroxylation is 2. The summed E-state index contributed by atoms with van der Waals surface area (Å²) in [5, 5.41) is 1.06. The van der Waals surface area contributed by atoms with Crippen LogP contribution < -0.4 is 4.90 Å². The first-order valence-electron chi connectivity index (χ1n) is 8.07. The van der Waals surface area contributed by atoms with E-state index in [1.54, 1.807) is 6.33 Å². The van der Waals surface area contributed by atoms with E-state index in [1.807, 2.05) is 6.92 Å². The van der Waals surface area contributed by atoms with Crippen molar-refractivity contribution in [1.29, 1.82) is 0 Å². The summed E-state index contributed by atoms with van der Waals surface area (Å²) in [6.45, 7) is 5.94. The first kappa shape index (κ1) is 15.2. The number of ether oxygens (including phenoxy) is 1. The van der Waals surface area contributed by atoms with E-state index in [2.05, 4.69) is 39.9 Å². The van der Waals surface area contributed by atoms with Crippen LogP contribution in [-0.2, 0) is 4.74 Å². The van der Waals surface area contributed by atoms with Gasteiger partial charge in [0.2, 0.25) is 0 Å². The highest BCUT2D eigenvalue weighted by molar-refractivity contribution is 5.89. The van der Waals surface area contributed by atoms with Crippen LogP contribution in [0, 0.1) is 13.8 Å². The van der Waals surface area contributed by atoms with Crippen molar-refractivity contribution in [2.24, 2.45) is 0 Å². The van der Waals surface area contributed by atoms with E-state index in [0.717, 1.165) is 42.1 Å². The highest BCUT2D eigenvalue weighted by Gasteiger charge is 2.17. The topological polar surface area (TPSA) is 51.1 Å². The van der Waals surface area contributed by atoms with Gasteiger partial charge in [-0.3, -0.25) is 0 Å². The quantitative estimate of drug-likeness (QED) is 0.868. The van der Waals surface area contributed by atoms with Crippen molar-refractivity contribution in [3.63, 3.8) is 0 Å². The molecule has 3 rings (SSSR count). The molecule has 5 heteroatoms. The van der Waals surface area contributed by atoms with Gasteiger partial charge in [-0.15, -0.1) is 0 Å². The molecule has 2 aromatic heterocycles. The minimum Gasteiger partial charge on any atom is -0.378 e. The van der Waals surface area contributed by atoms with E-state index in [0.29, 0.717) is 6.10 Å². The Hall–Kier alpha value is -1.75. The van der Waals surface area contributed by atoms with Crippen molar-refractivity contribution in [3.8, 4) is 0 Å². The molecule has 1 aliphatic rings. The van der Waals surface area contributed by atoms with Gasteiger partial charge in [0.1, 0.15) is 12.1 Å². The van der Waals surface area contributed by atoms with E-state index in [-0.39, 0.29) is 0 Å². The van der Waals surface area contributed by atoms with Crippen molar-refractivity contribution in [2.75, 3.05) is 25.1 Å². The lowest BCUT2D eigenvalue weighted by Crippen LogP contribution is -2.27. The third-order valence-electron chi connectivity index (χ3n) is 4.33. The van der Waals surface area contributed by atoms with E-state index in [9.17, 15) is 0 Å². The number of anilines is 1. The molecule has 5 nitrogen and oxygen atoms in total. The molecule has 0 aromatic carbocycles. The summed E-state index contributed by atoms with van der Waals surface area (Å²) in [7, 11) is 2.09. The van der Waals surface area contributed by atoms with Gasteiger partial charge in [0.25, 0.3) is 0 Å². The van der Waals surface area contributed by atoms with Crippen LogP contribution in [0.15, 0.2) is 12.4 Å². The zero-order valence-electron chi connectivity index (χ0n) is 13.7. The summed E-state index contributed by atoms with van der Waals surface area (Å²) < 4.78 is 5.82. The Bertz CT molecular complexity index is 652. The lowest BCUT2D eigenvalue weighted by molar-refractivity contribution is 0.0127. The van der Waals surface area contributed by atoms with Crippen LogP contribution in [-0.4, -0.2) is 41.3 Å². The first-order valence-corrected chi connectivity index (χ1v) is 8.07. The standard InChI is InChI=1S/C17H24N4O/c1-12-10-13(2)20-16-15(12)17(19-11-18-16)21(3)8-7-14-6-4-5-9-22-14/h10-11,14H,4-9H2,1-3H3/t14-/m0/s1. The lowest BCUT2D eigenvalue weighted by atomic mass is 10.1. The zero-order valence-corrected chi connectivity index (χ0v) is 13.7. The van der Waals surface area contributed by atoms with Crippen LogP contribution in [0.25, 0.3) is 11.0 Å². The van der Waals surface area contributed by atoms with E-state index in [4.69, 9.17) is 4.74 Å². The maximum absolute atomic E-state index is 5.82. The first-order chi connectivity index (χ1) is 10.6. The molecule has 0 spiro atoms. The third-order valence-corrected chi connectivity index (χ3v) is 4.33. The molecule has 0 radical (unpaired) electrons. The summed E-state index contributed by atoms with van der Waals surface area (Å²) in [5.41, 5.74) is 2.95. The highest BCUT2D eigenvalue weighted by Crippen LogP contribution is 2.25. The molecule has 118 valence electrons. The summed E-state index contributed by atoms with van der Waals surface area (Å²) in [6.07, 6.45) is 6.71. The number of hydrogen-bond donors (Lipinski definition) is 0. The van der Waals surface area contributed by atoms with Crippen LogP contribution in [0.4, 0.5) is 5.82 Å². The monoisotopic (exact) mass is 300 g/mol. The number of aromatic nitrogens is 3. The smallest absolute Gasteiger partial charge is 0.165 e. The number of fused-ring (bicyclic) bond motifs is 1. The minimum atomic E-state index is 0.394. The SMILES string of the molecule is Cc1cc(C)c2c(N(C)CC[C@@H]3CCCCO3)ncnc2n1. The maximum atomic E-state index is 5.82. The second-order valence-corrected chi connectivity index (χ2v) is 6.18. The molecular weight excluding hydrogens is 276 g/mol. The van der Waals surface area contributed by atoms with Gasteiger partial charge in [0, 0.05) is 25.9 Å². The van der Waals surface area contributed by atoms with Crippen LogP contribution in [0.5, 0.6) is 0 Å². The van der Waals surface area contributed by atoms with E-state index in [1.165, 1.54) is 24.8 Å². The molecular formula is C17H24N4O. The van der Waals surface area contributed by atoms with Gasteiger partial charge in [0.05, 0.1) is 11.5 Å². The molecule has 1 fully saturated rings. The van der Waals surface area contributed by atoms with Crippen LogP contribution in [0.1, 0.15) is 36.9 Å². The molecule has 0 N–H and O–H groups in total. The Labute approximate surface area is 131 Å². The Morgan fingerprint density at radius 1 is 1.27 bits per heavy atom. The third kappa shape index (κ3) is 3.19. The van der Waals surface area contributed by atoms with E-state index >= 15 is 0 Å². The van der Waals surface area contributed by atoms with Crippen LogP contribution >= 0.6 is 0 Å². The summed E-state index contributed by atoms with van der Waals surface area (Å²) in [6, 6.07) is 2.09. The Morgan fingerprint density at radius 3 is 2.91 bits per heavy atom. The molecule has 3 heterocycles. The average Bonchev–Trinajstić information content (AvgIpc) is 2.52. The fourth-order valence-corrected chi connectivity index (χ4v) is 3.16. The lowest BCUT2D eigenvalue weighted by Gasteiger charge is -2.26. The molecule has 0 unspecified atom stereocenters. The fraction of sp³-hybridized carbons (Fsp3) is 0.588. The summed E-state index contributed by atoms with van der Waals surface area (Å²) in [5.74, 6) is 0.964. The Balaban J connectivity index is 1.79. The molecule has 2 aromatic rings. The number of pyridine rings is 1. The largest absolute Gasteiger partial charge is 0.378 e. The molecule has 0 amide bonds. The predicted molar refractivity (Wildman–Crippen MR) is 88.3 cm³/mol. The van der Waals surface area contributed by atoms with Crippen molar-refractivity contribution in [2.45, 2.75) is 45.6 Å². The van der Waals surface area contributed by atoms with Gasteiger partial charge in [-0.05, 0) is 51.2 Å². The highest BCUT2D eigenvalue weighted by atomic mass is 16.5. The average molecular weight is 300 g/mol. The van der Waals surface area contributed by atoms with Crippen molar-refractivity contribution >= 4 is 16.9 Å². The molecule has 0 bridgehead atoms. The van der Waals surface area contributed by atoms with Gasteiger partial charge < -0.3 is 9.64 Å². The zero-order chi connectivity index (χ0) is 15.5.